The summed E-state index contributed by atoms with van der Waals surface area (Å²) in [4.78, 5) is 0. The Bertz CT molecular complexity index is 404. The Balaban J connectivity index is 0.00000225. The van der Waals surface area contributed by atoms with Crippen LogP contribution in [0.15, 0.2) is 12.1 Å². The molecule has 0 radical (unpaired) electrons. The van der Waals surface area contributed by atoms with Crippen molar-refractivity contribution in [1.82, 2.24) is 0 Å². The number of nitriles is 1. The van der Waals surface area contributed by atoms with E-state index in [0.29, 0.717) is 6.42 Å². The third kappa shape index (κ3) is 2.84. The SMILES string of the molecule is CCC[C@H](N)c1c(C#N)ccc(F)c1O.Cl. The highest BCUT2D eigenvalue weighted by atomic mass is 35.5. The average molecular weight is 245 g/mol. The maximum Gasteiger partial charge on any atom is 0.165 e. The van der Waals surface area contributed by atoms with E-state index in [1.54, 1.807) is 0 Å². The average Bonchev–Trinajstić information content (AvgIpc) is 2.22. The van der Waals surface area contributed by atoms with Gasteiger partial charge in [-0.25, -0.2) is 4.39 Å². The van der Waals surface area contributed by atoms with E-state index in [4.69, 9.17) is 11.0 Å². The van der Waals surface area contributed by atoms with Crippen LogP contribution in [0.4, 0.5) is 4.39 Å². The Hall–Kier alpha value is -1.31. The summed E-state index contributed by atoms with van der Waals surface area (Å²) < 4.78 is 13.1. The van der Waals surface area contributed by atoms with Crippen LogP contribution in [-0.2, 0) is 0 Å². The van der Waals surface area contributed by atoms with Crippen LogP contribution in [0.5, 0.6) is 5.75 Å². The van der Waals surface area contributed by atoms with Crippen LogP contribution in [-0.4, -0.2) is 5.11 Å². The Morgan fingerprint density at radius 3 is 2.69 bits per heavy atom. The van der Waals surface area contributed by atoms with Crippen molar-refractivity contribution in [2.75, 3.05) is 0 Å². The fourth-order valence-corrected chi connectivity index (χ4v) is 1.51. The molecule has 1 rings (SSSR count). The summed E-state index contributed by atoms with van der Waals surface area (Å²) in [5.74, 6) is -1.24. The van der Waals surface area contributed by atoms with Gasteiger partial charge in [-0.15, -0.1) is 12.4 Å². The maximum atomic E-state index is 13.1. The number of hydrogen-bond donors (Lipinski definition) is 2. The number of hydrogen-bond acceptors (Lipinski definition) is 3. The molecule has 0 aliphatic carbocycles. The third-order valence-corrected chi connectivity index (χ3v) is 2.26. The number of nitrogens with zero attached hydrogens (tertiary/aromatic N) is 1. The van der Waals surface area contributed by atoms with Gasteiger partial charge in [0.25, 0.3) is 0 Å². The predicted octanol–water partition coefficient (Wildman–Crippen LogP) is 2.62. The number of halogens is 2. The third-order valence-electron chi connectivity index (χ3n) is 2.26. The van der Waals surface area contributed by atoms with Gasteiger partial charge < -0.3 is 10.8 Å². The van der Waals surface area contributed by atoms with E-state index >= 15 is 0 Å². The van der Waals surface area contributed by atoms with E-state index in [2.05, 4.69) is 0 Å². The molecule has 0 amide bonds. The molecule has 0 heterocycles. The molecule has 0 unspecified atom stereocenters. The smallest absolute Gasteiger partial charge is 0.165 e. The monoisotopic (exact) mass is 244 g/mol. The van der Waals surface area contributed by atoms with Crippen molar-refractivity contribution in [3.8, 4) is 11.8 Å². The van der Waals surface area contributed by atoms with Crippen LogP contribution in [0.3, 0.4) is 0 Å². The first-order valence-electron chi connectivity index (χ1n) is 4.78. The van der Waals surface area contributed by atoms with Crippen molar-refractivity contribution >= 4 is 12.4 Å². The number of benzene rings is 1. The molecule has 3 N–H and O–H groups in total. The number of rotatable bonds is 3. The lowest BCUT2D eigenvalue weighted by Crippen LogP contribution is -2.12. The summed E-state index contributed by atoms with van der Waals surface area (Å²) in [6, 6.07) is 3.80. The number of phenols is 1. The molecule has 0 aliphatic rings. The van der Waals surface area contributed by atoms with Crippen LogP contribution in [0, 0.1) is 17.1 Å². The zero-order valence-electron chi connectivity index (χ0n) is 8.90. The van der Waals surface area contributed by atoms with Gasteiger partial charge in [-0.1, -0.05) is 13.3 Å². The molecule has 0 spiro atoms. The van der Waals surface area contributed by atoms with E-state index in [1.807, 2.05) is 13.0 Å². The summed E-state index contributed by atoms with van der Waals surface area (Å²) in [5, 5.41) is 18.3. The summed E-state index contributed by atoms with van der Waals surface area (Å²) in [7, 11) is 0. The molecule has 3 nitrogen and oxygen atoms in total. The van der Waals surface area contributed by atoms with Crippen LogP contribution in [0.1, 0.15) is 36.9 Å². The van der Waals surface area contributed by atoms with Gasteiger partial charge >= 0.3 is 0 Å². The molecule has 16 heavy (non-hydrogen) atoms. The van der Waals surface area contributed by atoms with Gasteiger partial charge in [-0.3, -0.25) is 0 Å². The molecule has 1 aromatic rings. The van der Waals surface area contributed by atoms with Gasteiger partial charge in [0.15, 0.2) is 11.6 Å². The molecule has 1 aromatic carbocycles. The summed E-state index contributed by atoms with van der Waals surface area (Å²) >= 11 is 0. The topological polar surface area (TPSA) is 70.0 Å². The Morgan fingerprint density at radius 1 is 1.56 bits per heavy atom. The molecule has 5 heteroatoms. The summed E-state index contributed by atoms with van der Waals surface area (Å²) in [5.41, 5.74) is 6.21. The highest BCUT2D eigenvalue weighted by molar-refractivity contribution is 5.85. The first-order valence-corrected chi connectivity index (χ1v) is 4.78. The van der Waals surface area contributed by atoms with Gasteiger partial charge in [0.05, 0.1) is 11.6 Å². The maximum absolute atomic E-state index is 13.1. The number of aromatic hydroxyl groups is 1. The molecule has 0 fully saturated rings. The van der Waals surface area contributed by atoms with Gasteiger partial charge in [-0.05, 0) is 18.6 Å². The molecule has 0 bridgehead atoms. The van der Waals surface area contributed by atoms with Gasteiger partial charge in [0.2, 0.25) is 0 Å². The minimum absolute atomic E-state index is 0. The minimum atomic E-state index is -0.740. The highest BCUT2D eigenvalue weighted by Crippen LogP contribution is 2.31. The van der Waals surface area contributed by atoms with E-state index < -0.39 is 17.6 Å². The van der Waals surface area contributed by atoms with Gasteiger partial charge in [0, 0.05) is 11.6 Å². The summed E-state index contributed by atoms with van der Waals surface area (Å²) in [6.07, 6.45) is 1.41. The minimum Gasteiger partial charge on any atom is -0.505 e. The molecule has 0 saturated carbocycles. The molecular weight excluding hydrogens is 231 g/mol. The number of phenolic OH excluding ortho intramolecular Hbond substituents is 1. The predicted molar refractivity (Wildman–Crippen MR) is 61.9 cm³/mol. The van der Waals surface area contributed by atoms with E-state index in [1.165, 1.54) is 6.07 Å². The van der Waals surface area contributed by atoms with Crippen molar-refractivity contribution < 1.29 is 9.50 Å². The van der Waals surface area contributed by atoms with E-state index in [-0.39, 0.29) is 23.5 Å². The lowest BCUT2D eigenvalue weighted by molar-refractivity contribution is 0.418. The van der Waals surface area contributed by atoms with Crippen molar-refractivity contribution in [3.05, 3.63) is 29.1 Å². The van der Waals surface area contributed by atoms with Crippen LogP contribution in [0.2, 0.25) is 0 Å². The van der Waals surface area contributed by atoms with Gasteiger partial charge in [-0.2, -0.15) is 5.26 Å². The molecule has 0 saturated heterocycles. The largest absolute Gasteiger partial charge is 0.505 e. The van der Waals surface area contributed by atoms with Crippen molar-refractivity contribution in [2.24, 2.45) is 5.73 Å². The fraction of sp³-hybridized carbons (Fsp3) is 0.364. The van der Waals surface area contributed by atoms with E-state index in [9.17, 15) is 9.50 Å². The quantitative estimate of drug-likeness (QED) is 0.859. The first kappa shape index (κ1) is 14.7. The van der Waals surface area contributed by atoms with Crippen LogP contribution >= 0.6 is 12.4 Å². The number of nitrogens with two attached hydrogens (primary N) is 1. The molecular formula is C11H14ClFN2O. The van der Waals surface area contributed by atoms with Crippen LogP contribution < -0.4 is 5.73 Å². The van der Waals surface area contributed by atoms with Crippen molar-refractivity contribution in [3.63, 3.8) is 0 Å². The second-order valence-corrected chi connectivity index (χ2v) is 3.36. The second kappa shape index (κ2) is 6.31. The molecule has 0 aliphatic heterocycles. The Labute approximate surface area is 100 Å². The van der Waals surface area contributed by atoms with Crippen LogP contribution in [0.25, 0.3) is 0 Å². The fourth-order valence-electron chi connectivity index (χ4n) is 1.51. The molecule has 88 valence electrons. The normalized spacial score (nSPS) is 11.4. The molecule has 1 atom stereocenters. The van der Waals surface area contributed by atoms with Gasteiger partial charge in [0.1, 0.15) is 0 Å². The van der Waals surface area contributed by atoms with Crippen molar-refractivity contribution in [2.45, 2.75) is 25.8 Å². The lowest BCUT2D eigenvalue weighted by atomic mass is 9.97. The summed E-state index contributed by atoms with van der Waals surface area (Å²) in [6.45, 7) is 1.93. The standard InChI is InChI=1S/C11H13FN2O.ClH/c1-2-3-9(14)10-7(6-13)4-5-8(12)11(10)15;/h4-5,9,15H,2-3,14H2,1H3;1H/t9-;/m0./s1. The molecule has 0 aromatic heterocycles. The zero-order chi connectivity index (χ0) is 11.4. The Kier molecular flexibility index (Phi) is 5.79. The second-order valence-electron chi connectivity index (χ2n) is 3.36. The first-order chi connectivity index (χ1) is 7.11. The highest BCUT2D eigenvalue weighted by Gasteiger charge is 2.18. The van der Waals surface area contributed by atoms with Crippen molar-refractivity contribution in [1.29, 1.82) is 5.26 Å². The lowest BCUT2D eigenvalue weighted by Gasteiger charge is -2.14. The zero-order valence-corrected chi connectivity index (χ0v) is 9.72. The Morgan fingerprint density at radius 2 is 2.19 bits per heavy atom. The van der Waals surface area contributed by atoms with E-state index in [0.717, 1.165) is 12.5 Å².